The fourth-order valence-corrected chi connectivity index (χ4v) is 2.43. The molecule has 0 unspecified atom stereocenters. The minimum Gasteiger partial charge on any atom is -0.350 e. The summed E-state index contributed by atoms with van der Waals surface area (Å²) in [6.45, 7) is 2.05. The molecule has 2 aromatic carbocycles. The van der Waals surface area contributed by atoms with Crippen molar-refractivity contribution in [2.24, 2.45) is 0 Å². The van der Waals surface area contributed by atoms with Crippen LogP contribution in [0.15, 0.2) is 48.5 Å². The van der Waals surface area contributed by atoms with Crippen molar-refractivity contribution in [2.75, 3.05) is 18.0 Å². The summed E-state index contributed by atoms with van der Waals surface area (Å²) in [4.78, 5) is 25.5. The van der Waals surface area contributed by atoms with E-state index in [1.54, 1.807) is 48.5 Å². The molecule has 24 heavy (non-hydrogen) atoms. The largest absolute Gasteiger partial charge is 0.350 e. The number of rotatable bonds is 5. The smallest absolute Gasteiger partial charge is 0.252 e. The summed E-state index contributed by atoms with van der Waals surface area (Å²) in [6, 6.07) is 15.5. The van der Waals surface area contributed by atoms with E-state index in [1.807, 2.05) is 6.07 Å². The first-order chi connectivity index (χ1) is 11.5. The maximum absolute atomic E-state index is 12.1. The Kier molecular flexibility index (Phi) is 5.94. The minimum atomic E-state index is -0.288. The van der Waals surface area contributed by atoms with E-state index in [0.29, 0.717) is 28.4 Å². The average Bonchev–Trinajstić information content (AvgIpc) is 2.59. The van der Waals surface area contributed by atoms with Crippen molar-refractivity contribution in [3.8, 4) is 6.07 Å². The topological polar surface area (TPSA) is 73.2 Å². The molecule has 0 radical (unpaired) electrons. The van der Waals surface area contributed by atoms with E-state index in [9.17, 15) is 9.59 Å². The van der Waals surface area contributed by atoms with E-state index in [2.05, 4.69) is 5.32 Å². The summed E-state index contributed by atoms with van der Waals surface area (Å²) in [7, 11) is 0. The van der Waals surface area contributed by atoms with Crippen LogP contribution in [0.25, 0.3) is 0 Å². The summed E-state index contributed by atoms with van der Waals surface area (Å²) in [5.41, 5.74) is 1.59. The zero-order valence-electron chi connectivity index (χ0n) is 13.1. The molecule has 0 atom stereocenters. The zero-order valence-corrected chi connectivity index (χ0v) is 13.9. The SMILES string of the molecule is CC(=O)N(CCNC(=O)c1ccccc1Cl)c1ccc(C#N)cc1. The Morgan fingerprint density at radius 1 is 1.17 bits per heavy atom. The number of nitrogens with one attached hydrogen (secondary N) is 1. The second kappa shape index (κ2) is 8.14. The number of nitriles is 1. The molecule has 0 aliphatic rings. The number of carbonyl (C=O) groups excluding carboxylic acids is 2. The second-order valence-electron chi connectivity index (χ2n) is 5.07. The summed E-state index contributed by atoms with van der Waals surface area (Å²) in [5, 5.41) is 11.9. The van der Waals surface area contributed by atoms with Gasteiger partial charge in [-0.1, -0.05) is 23.7 Å². The van der Waals surface area contributed by atoms with Crippen LogP contribution in [0, 0.1) is 11.3 Å². The van der Waals surface area contributed by atoms with Gasteiger partial charge in [0, 0.05) is 25.7 Å². The third-order valence-corrected chi connectivity index (χ3v) is 3.76. The molecule has 1 N–H and O–H groups in total. The van der Waals surface area contributed by atoms with Crippen molar-refractivity contribution in [3.63, 3.8) is 0 Å². The van der Waals surface area contributed by atoms with Crippen molar-refractivity contribution in [2.45, 2.75) is 6.92 Å². The lowest BCUT2D eigenvalue weighted by atomic mass is 10.2. The van der Waals surface area contributed by atoms with Crippen LogP contribution in [0.5, 0.6) is 0 Å². The number of carbonyl (C=O) groups is 2. The lowest BCUT2D eigenvalue weighted by Gasteiger charge is -2.21. The molecular formula is C18H16ClN3O2. The highest BCUT2D eigenvalue weighted by Crippen LogP contribution is 2.16. The summed E-state index contributed by atoms with van der Waals surface area (Å²) < 4.78 is 0. The van der Waals surface area contributed by atoms with Gasteiger partial charge in [0.1, 0.15) is 0 Å². The van der Waals surface area contributed by atoms with Gasteiger partial charge in [-0.2, -0.15) is 5.26 Å². The van der Waals surface area contributed by atoms with Crippen LogP contribution in [-0.4, -0.2) is 24.9 Å². The van der Waals surface area contributed by atoms with Crippen molar-refractivity contribution >= 4 is 29.1 Å². The van der Waals surface area contributed by atoms with Crippen LogP contribution in [0.4, 0.5) is 5.69 Å². The fourth-order valence-electron chi connectivity index (χ4n) is 2.21. The van der Waals surface area contributed by atoms with Gasteiger partial charge in [-0.15, -0.1) is 0 Å². The Labute approximate surface area is 145 Å². The lowest BCUT2D eigenvalue weighted by molar-refractivity contribution is -0.116. The van der Waals surface area contributed by atoms with Crippen LogP contribution >= 0.6 is 11.6 Å². The van der Waals surface area contributed by atoms with Gasteiger partial charge < -0.3 is 10.2 Å². The molecule has 0 fully saturated rings. The van der Waals surface area contributed by atoms with Crippen molar-refractivity contribution in [1.29, 1.82) is 5.26 Å². The molecule has 0 aliphatic carbocycles. The highest BCUT2D eigenvalue weighted by molar-refractivity contribution is 6.33. The van der Waals surface area contributed by atoms with E-state index in [1.165, 1.54) is 11.8 Å². The number of amides is 2. The molecule has 0 spiro atoms. The number of hydrogen-bond acceptors (Lipinski definition) is 3. The van der Waals surface area contributed by atoms with Crippen LogP contribution in [0.2, 0.25) is 5.02 Å². The van der Waals surface area contributed by atoms with Crippen LogP contribution < -0.4 is 10.2 Å². The molecule has 122 valence electrons. The van der Waals surface area contributed by atoms with Crippen molar-refractivity contribution < 1.29 is 9.59 Å². The van der Waals surface area contributed by atoms with E-state index < -0.39 is 0 Å². The Balaban J connectivity index is 1.99. The summed E-state index contributed by atoms with van der Waals surface area (Å²) >= 11 is 5.98. The molecule has 0 heterocycles. The molecule has 0 bridgehead atoms. The van der Waals surface area contributed by atoms with Crippen LogP contribution in [0.3, 0.4) is 0 Å². The fraction of sp³-hybridized carbons (Fsp3) is 0.167. The van der Waals surface area contributed by atoms with Gasteiger partial charge in [0.2, 0.25) is 5.91 Å². The molecule has 0 saturated carbocycles. The monoisotopic (exact) mass is 341 g/mol. The molecular weight excluding hydrogens is 326 g/mol. The predicted molar refractivity (Wildman–Crippen MR) is 93.0 cm³/mol. The minimum absolute atomic E-state index is 0.147. The van der Waals surface area contributed by atoms with Crippen LogP contribution in [0.1, 0.15) is 22.8 Å². The number of anilines is 1. The molecule has 0 saturated heterocycles. The maximum Gasteiger partial charge on any atom is 0.252 e. The Morgan fingerprint density at radius 3 is 2.42 bits per heavy atom. The van der Waals surface area contributed by atoms with E-state index >= 15 is 0 Å². The number of benzene rings is 2. The number of hydrogen-bond donors (Lipinski definition) is 1. The normalized spacial score (nSPS) is 9.88. The van der Waals surface area contributed by atoms with Crippen molar-refractivity contribution in [1.82, 2.24) is 5.32 Å². The van der Waals surface area contributed by atoms with Crippen molar-refractivity contribution in [3.05, 3.63) is 64.7 Å². The second-order valence-corrected chi connectivity index (χ2v) is 5.47. The molecule has 0 aliphatic heterocycles. The molecule has 0 aromatic heterocycles. The predicted octanol–water partition coefficient (Wildman–Crippen LogP) is 2.99. The quantitative estimate of drug-likeness (QED) is 0.908. The average molecular weight is 342 g/mol. The maximum atomic E-state index is 12.1. The lowest BCUT2D eigenvalue weighted by Crippen LogP contribution is -2.37. The van der Waals surface area contributed by atoms with Crippen LogP contribution in [-0.2, 0) is 4.79 Å². The van der Waals surface area contributed by atoms with E-state index in [0.717, 1.165) is 0 Å². The first-order valence-electron chi connectivity index (χ1n) is 7.34. The van der Waals surface area contributed by atoms with Gasteiger partial charge in [-0.25, -0.2) is 0 Å². The standard InChI is InChI=1S/C18H16ClN3O2/c1-13(23)22(15-8-6-14(12-20)7-9-15)11-10-21-18(24)16-4-2-3-5-17(16)19/h2-9H,10-11H2,1H3,(H,21,24). The first-order valence-corrected chi connectivity index (χ1v) is 7.71. The van der Waals surface area contributed by atoms with Gasteiger partial charge in [-0.05, 0) is 36.4 Å². The third-order valence-electron chi connectivity index (χ3n) is 3.43. The first kappa shape index (κ1) is 17.5. The van der Waals surface area contributed by atoms with E-state index in [-0.39, 0.29) is 18.4 Å². The molecule has 5 nitrogen and oxygen atoms in total. The number of halogens is 1. The molecule has 2 amide bonds. The van der Waals surface area contributed by atoms with Gasteiger partial charge in [0.25, 0.3) is 5.91 Å². The van der Waals surface area contributed by atoms with E-state index in [4.69, 9.17) is 16.9 Å². The van der Waals surface area contributed by atoms with Gasteiger partial charge in [-0.3, -0.25) is 9.59 Å². The Bertz CT molecular complexity index is 782. The summed E-state index contributed by atoms with van der Waals surface area (Å²) in [6.07, 6.45) is 0. The van der Waals surface area contributed by atoms with Gasteiger partial charge >= 0.3 is 0 Å². The molecule has 6 heteroatoms. The Morgan fingerprint density at radius 2 is 1.83 bits per heavy atom. The van der Waals surface area contributed by atoms with Gasteiger partial charge in [0.15, 0.2) is 0 Å². The third kappa shape index (κ3) is 4.34. The summed E-state index contributed by atoms with van der Waals surface area (Å²) in [5.74, 6) is -0.435. The highest BCUT2D eigenvalue weighted by Gasteiger charge is 2.13. The zero-order chi connectivity index (χ0) is 17.5. The Hall–Kier alpha value is -2.84. The molecule has 2 aromatic rings. The van der Waals surface area contributed by atoms with Gasteiger partial charge in [0.05, 0.1) is 22.2 Å². The number of nitrogens with zero attached hydrogens (tertiary/aromatic N) is 2. The highest BCUT2D eigenvalue weighted by atomic mass is 35.5. The molecule has 2 rings (SSSR count).